The molecule has 21 heavy (non-hydrogen) atoms. The van der Waals surface area contributed by atoms with E-state index in [4.69, 9.17) is 21.4 Å². The smallest absolute Gasteiger partial charge is 0.232 e. The molecule has 118 valence electrons. The van der Waals surface area contributed by atoms with Gasteiger partial charge in [-0.3, -0.25) is 4.79 Å². The Bertz CT molecular complexity index is 447. The molecule has 1 aromatic heterocycles. The maximum Gasteiger partial charge on any atom is 0.232 e. The molecule has 1 aliphatic rings. The SMILES string of the molecule is O=C(CSCc1ccc(Cl)s1)N1CCC(OCCO)CC1. The quantitative estimate of drug-likeness (QED) is 0.822. The molecule has 4 nitrogen and oxygen atoms in total. The molecule has 0 spiro atoms. The third kappa shape index (κ3) is 5.79. The Balaban J connectivity index is 1.63. The maximum absolute atomic E-state index is 12.1. The van der Waals surface area contributed by atoms with E-state index in [2.05, 4.69) is 0 Å². The third-order valence-corrected chi connectivity index (χ3v) is 5.72. The molecule has 0 saturated carbocycles. The van der Waals surface area contributed by atoms with Crippen LogP contribution in [0.3, 0.4) is 0 Å². The number of amides is 1. The molecular formula is C14H20ClNO3S2. The van der Waals surface area contributed by atoms with Gasteiger partial charge in [0.25, 0.3) is 0 Å². The third-order valence-electron chi connectivity index (χ3n) is 3.34. The Hall–Kier alpha value is -0.270. The second-order valence-electron chi connectivity index (χ2n) is 4.87. The first-order chi connectivity index (χ1) is 10.2. The molecule has 1 saturated heterocycles. The first-order valence-corrected chi connectivity index (χ1v) is 9.36. The summed E-state index contributed by atoms with van der Waals surface area (Å²) in [5.74, 6) is 1.54. The van der Waals surface area contributed by atoms with Crippen molar-refractivity contribution < 1.29 is 14.6 Å². The highest BCUT2D eigenvalue weighted by atomic mass is 35.5. The van der Waals surface area contributed by atoms with Crippen molar-refractivity contribution in [1.29, 1.82) is 0 Å². The number of aliphatic hydroxyl groups is 1. The first-order valence-electron chi connectivity index (χ1n) is 7.01. The molecule has 0 aliphatic carbocycles. The van der Waals surface area contributed by atoms with Crippen LogP contribution in [-0.4, -0.2) is 54.1 Å². The van der Waals surface area contributed by atoms with E-state index >= 15 is 0 Å². The molecule has 0 unspecified atom stereocenters. The summed E-state index contributed by atoms with van der Waals surface area (Å²) >= 11 is 9.08. The van der Waals surface area contributed by atoms with Gasteiger partial charge in [-0.1, -0.05) is 11.6 Å². The first kappa shape index (κ1) is 17.1. The Labute approximate surface area is 138 Å². The zero-order valence-corrected chi connectivity index (χ0v) is 14.2. The molecule has 0 bridgehead atoms. The zero-order valence-electron chi connectivity index (χ0n) is 11.8. The van der Waals surface area contributed by atoms with E-state index in [0.29, 0.717) is 12.4 Å². The van der Waals surface area contributed by atoms with Gasteiger partial charge in [-0.2, -0.15) is 0 Å². The lowest BCUT2D eigenvalue weighted by atomic mass is 10.1. The van der Waals surface area contributed by atoms with Gasteiger partial charge in [-0.15, -0.1) is 23.1 Å². The number of halogens is 1. The molecule has 7 heteroatoms. The minimum atomic E-state index is 0.0581. The second kappa shape index (κ2) is 9.00. The van der Waals surface area contributed by atoms with Crippen molar-refractivity contribution in [2.45, 2.75) is 24.7 Å². The Morgan fingerprint density at radius 1 is 1.48 bits per heavy atom. The van der Waals surface area contributed by atoms with E-state index in [-0.39, 0.29) is 18.6 Å². The van der Waals surface area contributed by atoms with Crippen molar-refractivity contribution in [2.24, 2.45) is 0 Å². The predicted octanol–water partition coefficient (Wildman–Crippen LogP) is 2.63. The molecule has 0 aromatic carbocycles. The number of hydrogen-bond acceptors (Lipinski definition) is 5. The number of aliphatic hydroxyl groups excluding tert-OH is 1. The number of ether oxygens (including phenoxy) is 1. The lowest BCUT2D eigenvalue weighted by molar-refractivity contribution is -0.131. The molecule has 2 heterocycles. The molecule has 0 radical (unpaired) electrons. The highest BCUT2D eigenvalue weighted by Crippen LogP contribution is 2.25. The van der Waals surface area contributed by atoms with Gasteiger partial charge in [0, 0.05) is 23.7 Å². The fourth-order valence-electron chi connectivity index (χ4n) is 2.25. The summed E-state index contributed by atoms with van der Waals surface area (Å²) < 4.78 is 6.29. The van der Waals surface area contributed by atoms with E-state index in [1.54, 1.807) is 23.1 Å². The van der Waals surface area contributed by atoms with E-state index in [0.717, 1.165) is 36.0 Å². The lowest BCUT2D eigenvalue weighted by Crippen LogP contribution is -2.41. The fourth-order valence-corrected chi connectivity index (χ4v) is 4.38. The minimum Gasteiger partial charge on any atom is -0.394 e. The molecular weight excluding hydrogens is 330 g/mol. The van der Waals surface area contributed by atoms with Crippen LogP contribution in [0.15, 0.2) is 12.1 Å². The zero-order chi connectivity index (χ0) is 15.1. The average molecular weight is 350 g/mol. The molecule has 1 aliphatic heterocycles. The van der Waals surface area contributed by atoms with Crippen LogP contribution in [0, 0.1) is 0 Å². The van der Waals surface area contributed by atoms with Crippen molar-refractivity contribution in [1.82, 2.24) is 4.90 Å². The van der Waals surface area contributed by atoms with Crippen molar-refractivity contribution in [3.8, 4) is 0 Å². The number of likely N-dealkylation sites (tertiary alicyclic amines) is 1. The van der Waals surface area contributed by atoms with Gasteiger partial charge >= 0.3 is 0 Å². The number of carbonyl (C=O) groups excluding carboxylic acids is 1. The molecule has 0 atom stereocenters. The Morgan fingerprint density at radius 2 is 2.24 bits per heavy atom. The number of thioether (sulfide) groups is 1. The number of nitrogens with zero attached hydrogens (tertiary/aromatic N) is 1. The topological polar surface area (TPSA) is 49.8 Å². The molecule has 1 N–H and O–H groups in total. The van der Waals surface area contributed by atoms with E-state index < -0.39 is 0 Å². The highest BCUT2D eigenvalue weighted by molar-refractivity contribution is 7.99. The van der Waals surface area contributed by atoms with Crippen LogP contribution >= 0.6 is 34.7 Å². The molecule has 1 aromatic rings. The second-order valence-corrected chi connectivity index (χ2v) is 7.66. The van der Waals surface area contributed by atoms with Gasteiger partial charge in [-0.25, -0.2) is 0 Å². The number of rotatable bonds is 7. The summed E-state index contributed by atoms with van der Waals surface area (Å²) in [6.07, 6.45) is 1.90. The number of piperidine rings is 1. The molecule has 1 amide bonds. The average Bonchev–Trinajstić information content (AvgIpc) is 2.91. The minimum absolute atomic E-state index is 0.0581. The summed E-state index contributed by atoms with van der Waals surface area (Å²) in [6.45, 7) is 1.95. The number of hydrogen-bond donors (Lipinski definition) is 1. The van der Waals surface area contributed by atoms with Gasteiger partial charge in [0.05, 0.1) is 29.4 Å². The standard InChI is InChI=1S/C14H20ClNO3S2/c15-13-2-1-12(21-13)9-20-10-14(18)16-5-3-11(4-6-16)19-8-7-17/h1-2,11,17H,3-10H2. The Kier molecular flexibility index (Phi) is 7.33. The lowest BCUT2D eigenvalue weighted by Gasteiger charge is -2.31. The van der Waals surface area contributed by atoms with Crippen LogP contribution in [0.4, 0.5) is 0 Å². The van der Waals surface area contributed by atoms with Crippen LogP contribution in [0.25, 0.3) is 0 Å². The normalized spacial score (nSPS) is 16.4. The summed E-state index contributed by atoms with van der Waals surface area (Å²) in [4.78, 5) is 15.2. The van der Waals surface area contributed by atoms with Crippen molar-refractivity contribution >= 4 is 40.6 Å². The summed E-state index contributed by atoms with van der Waals surface area (Å²) in [7, 11) is 0. The van der Waals surface area contributed by atoms with Crippen LogP contribution in [0.5, 0.6) is 0 Å². The van der Waals surface area contributed by atoms with Crippen molar-refractivity contribution in [3.05, 3.63) is 21.3 Å². The molecule has 1 fully saturated rings. The summed E-state index contributed by atoms with van der Waals surface area (Å²) in [5, 5.41) is 8.73. The van der Waals surface area contributed by atoms with Crippen molar-refractivity contribution in [3.63, 3.8) is 0 Å². The summed E-state index contributed by atoms with van der Waals surface area (Å²) in [6, 6.07) is 3.90. The number of thiophene rings is 1. The summed E-state index contributed by atoms with van der Waals surface area (Å²) in [5.41, 5.74) is 0. The van der Waals surface area contributed by atoms with Gasteiger partial charge in [0.2, 0.25) is 5.91 Å². The van der Waals surface area contributed by atoms with Gasteiger partial charge in [0.15, 0.2) is 0 Å². The fraction of sp³-hybridized carbons (Fsp3) is 0.643. The molecule has 2 rings (SSSR count). The van der Waals surface area contributed by atoms with Gasteiger partial charge < -0.3 is 14.7 Å². The van der Waals surface area contributed by atoms with Crippen LogP contribution < -0.4 is 0 Å². The predicted molar refractivity (Wildman–Crippen MR) is 88.1 cm³/mol. The van der Waals surface area contributed by atoms with Crippen LogP contribution in [0.2, 0.25) is 4.34 Å². The van der Waals surface area contributed by atoms with Crippen molar-refractivity contribution in [2.75, 3.05) is 32.1 Å². The largest absolute Gasteiger partial charge is 0.394 e. The van der Waals surface area contributed by atoms with E-state index in [9.17, 15) is 4.79 Å². The highest BCUT2D eigenvalue weighted by Gasteiger charge is 2.22. The number of carbonyl (C=O) groups is 1. The van der Waals surface area contributed by atoms with E-state index in [1.807, 2.05) is 17.0 Å². The maximum atomic E-state index is 12.1. The van der Waals surface area contributed by atoms with E-state index in [1.165, 1.54) is 4.88 Å². The van der Waals surface area contributed by atoms with Gasteiger partial charge in [0.1, 0.15) is 0 Å². The van der Waals surface area contributed by atoms with Gasteiger partial charge in [-0.05, 0) is 25.0 Å². The monoisotopic (exact) mass is 349 g/mol. The van der Waals surface area contributed by atoms with Crippen LogP contribution in [-0.2, 0) is 15.3 Å². The van der Waals surface area contributed by atoms with Crippen LogP contribution in [0.1, 0.15) is 17.7 Å². The Morgan fingerprint density at radius 3 is 2.86 bits per heavy atom.